The van der Waals surface area contributed by atoms with Crippen LogP contribution in [0.4, 0.5) is 20.6 Å². The minimum atomic E-state index is -4.18. The van der Waals surface area contributed by atoms with E-state index >= 15 is 0 Å². The lowest BCUT2D eigenvalue weighted by Gasteiger charge is -2.35. The predicted octanol–water partition coefficient (Wildman–Crippen LogP) is 1.51. The van der Waals surface area contributed by atoms with Crippen molar-refractivity contribution < 1.29 is 40.3 Å². The second kappa shape index (κ2) is 10.5. The van der Waals surface area contributed by atoms with Gasteiger partial charge in [0.25, 0.3) is 10.0 Å². The van der Waals surface area contributed by atoms with Gasteiger partial charge in [0.15, 0.2) is 9.84 Å². The van der Waals surface area contributed by atoms with E-state index in [1.165, 1.54) is 25.1 Å². The van der Waals surface area contributed by atoms with Gasteiger partial charge in [-0.1, -0.05) is 0 Å². The highest BCUT2D eigenvalue weighted by molar-refractivity contribution is 7.92. The molecule has 1 atom stereocenters. The minimum Gasteiger partial charge on any atom is -0.484 e. The van der Waals surface area contributed by atoms with E-state index < -0.39 is 37.9 Å². The number of hydrogen-bond donors (Lipinski definition) is 2. The number of sulfone groups is 1. The molecule has 2 amide bonds. The number of ether oxygens (including phenoxy) is 2. The van der Waals surface area contributed by atoms with E-state index in [2.05, 4.69) is 10.6 Å². The molecule has 0 unspecified atom stereocenters. The Morgan fingerprint density at radius 2 is 1.83 bits per heavy atom. The van der Waals surface area contributed by atoms with Crippen molar-refractivity contribution in [2.45, 2.75) is 17.9 Å². The molecule has 11 nitrogen and oxygen atoms in total. The first kappa shape index (κ1) is 26.2. The third-order valence-electron chi connectivity index (χ3n) is 4.80. The van der Waals surface area contributed by atoms with E-state index in [0.717, 1.165) is 34.8 Å². The molecular formula is C21H24FN3O8S2. The van der Waals surface area contributed by atoms with Gasteiger partial charge in [0.05, 0.1) is 29.4 Å². The zero-order chi connectivity index (χ0) is 25.8. The average molecular weight is 530 g/mol. The number of rotatable bonds is 8. The summed E-state index contributed by atoms with van der Waals surface area (Å²) in [7, 11) is -7.49. The summed E-state index contributed by atoms with van der Waals surface area (Å²) in [4.78, 5) is 23.2. The van der Waals surface area contributed by atoms with Gasteiger partial charge in [-0.05, 0) is 42.5 Å². The molecule has 0 radical (unpaired) electrons. The minimum absolute atomic E-state index is 0.0386. The number of hydrogen-bond acceptors (Lipinski definition) is 8. The SMILES string of the molecule is CC(=O)NC[C@H]1CN(S(=O)(=O)c2ccc(F)cc2)c2cc(NC(=O)OCCS(C)(=O)=O)ccc2O1. The number of anilines is 2. The van der Waals surface area contributed by atoms with Crippen molar-refractivity contribution in [3.8, 4) is 5.75 Å². The van der Waals surface area contributed by atoms with Crippen LogP contribution in [0.15, 0.2) is 47.4 Å². The molecule has 3 rings (SSSR count). The van der Waals surface area contributed by atoms with Crippen LogP contribution in [0.1, 0.15) is 6.92 Å². The highest BCUT2D eigenvalue weighted by Gasteiger charge is 2.35. The van der Waals surface area contributed by atoms with Crippen molar-refractivity contribution in [3.05, 3.63) is 48.3 Å². The Balaban J connectivity index is 1.89. The van der Waals surface area contributed by atoms with E-state index in [9.17, 15) is 30.8 Å². The van der Waals surface area contributed by atoms with Gasteiger partial charge < -0.3 is 14.8 Å². The molecule has 1 aliphatic heterocycles. The van der Waals surface area contributed by atoms with Crippen molar-refractivity contribution in [3.63, 3.8) is 0 Å². The molecule has 0 aromatic heterocycles. The topological polar surface area (TPSA) is 148 Å². The maximum absolute atomic E-state index is 13.4. The molecular weight excluding hydrogens is 505 g/mol. The highest BCUT2D eigenvalue weighted by Crippen LogP contribution is 2.39. The summed E-state index contributed by atoms with van der Waals surface area (Å²) in [6, 6.07) is 8.53. The Hall–Kier alpha value is -3.39. The average Bonchev–Trinajstić information content (AvgIpc) is 2.76. The van der Waals surface area contributed by atoms with Gasteiger partial charge in [-0.3, -0.25) is 14.4 Å². The van der Waals surface area contributed by atoms with Crippen LogP contribution in [0, 0.1) is 5.82 Å². The van der Waals surface area contributed by atoms with E-state index in [4.69, 9.17) is 9.47 Å². The summed E-state index contributed by atoms with van der Waals surface area (Å²) in [5.41, 5.74) is 0.263. The molecule has 0 saturated carbocycles. The number of nitrogens with one attached hydrogen (secondary N) is 2. The lowest BCUT2D eigenvalue weighted by Crippen LogP contribution is -2.48. The molecule has 1 aliphatic rings. The number of fused-ring (bicyclic) bond motifs is 1. The molecule has 0 spiro atoms. The number of benzene rings is 2. The van der Waals surface area contributed by atoms with Gasteiger partial charge in [-0.25, -0.2) is 26.0 Å². The van der Waals surface area contributed by atoms with Crippen LogP contribution in [-0.2, 0) is 29.4 Å². The zero-order valence-corrected chi connectivity index (χ0v) is 20.5. The number of amides is 2. The van der Waals surface area contributed by atoms with Crippen molar-refractivity contribution in [1.29, 1.82) is 0 Å². The van der Waals surface area contributed by atoms with Crippen LogP contribution in [-0.4, -0.2) is 66.6 Å². The first-order valence-electron chi connectivity index (χ1n) is 10.3. The fourth-order valence-corrected chi connectivity index (χ4v) is 5.04. The van der Waals surface area contributed by atoms with E-state index in [0.29, 0.717) is 0 Å². The monoisotopic (exact) mass is 529 g/mol. The van der Waals surface area contributed by atoms with Gasteiger partial charge in [0.2, 0.25) is 5.91 Å². The first-order chi connectivity index (χ1) is 16.3. The van der Waals surface area contributed by atoms with Gasteiger partial charge >= 0.3 is 6.09 Å². The second-order valence-corrected chi connectivity index (χ2v) is 11.9. The number of halogens is 1. The molecule has 2 N–H and O–H groups in total. The normalized spacial score (nSPS) is 15.5. The Labute approximate surface area is 202 Å². The predicted molar refractivity (Wildman–Crippen MR) is 125 cm³/mol. The molecule has 0 saturated heterocycles. The summed E-state index contributed by atoms with van der Waals surface area (Å²) in [5, 5.41) is 4.99. The Morgan fingerprint density at radius 1 is 1.14 bits per heavy atom. The molecule has 2 aromatic carbocycles. The summed E-state index contributed by atoms with van der Waals surface area (Å²) in [5.74, 6) is -1.09. The Kier molecular flexibility index (Phi) is 7.85. The standard InChI is InChI=1S/C21H24FN3O8S2/c1-14(26)23-12-17-13-25(35(30,31)18-6-3-15(22)4-7-18)19-11-16(5-8-20(19)33-17)24-21(27)32-9-10-34(2,28)29/h3-8,11,17H,9-10,12-13H2,1-2H3,(H,23,26)(H,24,27)/t17-/m0/s1. The van der Waals surface area contributed by atoms with Crippen LogP contribution < -0.4 is 19.7 Å². The zero-order valence-electron chi connectivity index (χ0n) is 18.9. The van der Waals surface area contributed by atoms with Crippen LogP contribution >= 0.6 is 0 Å². The molecule has 0 aliphatic carbocycles. The fourth-order valence-electron chi connectivity index (χ4n) is 3.15. The van der Waals surface area contributed by atoms with Crippen LogP contribution in [0.25, 0.3) is 0 Å². The van der Waals surface area contributed by atoms with Gasteiger partial charge in [-0.2, -0.15) is 0 Å². The van der Waals surface area contributed by atoms with Gasteiger partial charge in [-0.15, -0.1) is 0 Å². The third-order valence-corrected chi connectivity index (χ3v) is 7.51. The van der Waals surface area contributed by atoms with E-state index in [1.807, 2.05) is 0 Å². The Morgan fingerprint density at radius 3 is 2.46 bits per heavy atom. The first-order valence-corrected chi connectivity index (χ1v) is 13.8. The summed E-state index contributed by atoms with van der Waals surface area (Å²) in [6.07, 6.45) is -0.643. The molecule has 1 heterocycles. The smallest absolute Gasteiger partial charge is 0.411 e. The molecule has 0 bridgehead atoms. The quantitative estimate of drug-likeness (QED) is 0.523. The van der Waals surface area contributed by atoms with Crippen molar-refractivity contribution in [1.82, 2.24) is 5.32 Å². The second-order valence-electron chi connectivity index (χ2n) is 7.74. The summed E-state index contributed by atoms with van der Waals surface area (Å²) >= 11 is 0. The van der Waals surface area contributed by atoms with Crippen LogP contribution in [0.2, 0.25) is 0 Å². The Bertz CT molecular complexity index is 1310. The van der Waals surface area contributed by atoms with E-state index in [1.54, 1.807) is 0 Å². The van der Waals surface area contributed by atoms with Gasteiger partial charge in [0, 0.05) is 18.9 Å². The molecule has 14 heteroatoms. The summed E-state index contributed by atoms with van der Waals surface area (Å²) in [6.45, 7) is 0.831. The molecule has 190 valence electrons. The number of carbonyl (C=O) groups is 2. The lowest BCUT2D eigenvalue weighted by atomic mass is 10.2. The number of carbonyl (C=O) groups excluding carboxylic acids is 2. The van der Waals surface area contributed by atoms with Crippen molar-refractivity contribution in [2.75, 3.05) is 41.3 Å². The fraction of sp³-hybridized carbons (Fsp3) is 0.333. The number of sulfonamides is 1. The van der Waals surface area contributed by atoms with E-state index in [-0.39, 0.29) is 53.4 Å². The third kappa shape index (κ3) is 7.05. The van der Waals surface area contributed by atoms with Crippen molar-refractivity contribution in [2.24, 2.45) is 0 Å². The highest BCUT2D eigenvalue weighted by atomic mass is 32.2. The maximum atomic E-state index is 13.4. The molecule has 2 aromatic rings. The largest absolute Gasteiger partial charge is 0.484 e. The van der Waals surface area contributed by atoms with Gasteiger partial charge in [0.1, 0.15) is 24.3 Å². The summed E-state index contributed by atoms with van der Waals surface area (Å²) < 4.78 is 74.3. The number of nitrogens with zero attached hydrogens (tertiary/aromatic N) is 1. The lowest BCUT2D eigenvalue weighted by molar-refractivity contribution is -0.119. The molecule has 0 fully saturated rings. The maximum Gasteiger partial charge on any atom is 0.411 e. The van der Waals surface area contributed by atoms with Crippen LogP contribution in [0.5, 0.6) is 5.75 Å². The molecule has 35 heavy (non-hydrogen) atoms. The van der Waals surface area contributed by atoms with Crippen molar-refractivity contribution >= 4 is 43.2 Å². The van der Waals surface area contributed by atoms with Crippen LogP contribution in [0.3, 0.4) is 0 Å².